The van der Waals surface area contributed by atoms with Gasteiger partial charge in [0.1, 0.15) is 5.75 Å². The van der Waals surface area contributed by atoms with E-state index in [0.717, 1.165) is 16.9 Å². The monoisotopic (exact) mass is 305 g/mol. The topological polar surface area (TPSA) is 75.6 Å². The Morgan fingerprint density at radius 2 is 1.86 bits per heavy atom. The Morgan fingerprint density at radius 1 is 1.23 bits per heavy atom. The first-order valence-corrected chi connectivity index (χ1v) is 7.65. The normalized spacial score (nSPS) is 21.2. The molecule has 0 bridgehead atoms. The lowest BCUT2D eigenvalue weighted by Gasteiger charge is -2.25. The minimum atomic E-state index is -0.745. The fourth-order valence-electron chi connectivity index (χ4n) is 2.91. The molecule has 0 aromatic heterocycles. The maximum absolute atomic E-state index is 12.2. The molecule has 1 aromatic rings. The van der Waals surface area contributed by atoms with Crippen LogP contribution in [-0.4, -0.2) is 24.1 Å². The van der Waals surface area contributed by atoms with E-state index in [0.29, 0.717) is 32.2 Å². The van der Waals surface area contributed by atoms with Crippen molar-refractivity contribution in [1.82, 2.24) is 5.32 Å². The minimum absolute atomic E-state index is 0.0170. The Labute approximate surface area is 130 Å². The van der Waals surface area contributed by atoms with Crippen LogP contribution in [-0.2, 0) is 16.1 Å². The molecule has 1 aliphatic rings. The second-order valence-corrected chi connectivity index (χ2v) is 5.91. The molecule has 5 nitrogen and oxygen atoms in total. The molecule has 0 heterocycles. The van der Waals surface area contributed by atoms with Crippen molar-refractivity contribution in [3.05, 3.63) is 29.3 Å². The van der Waals surface area contributed by atoms with E-state index in [-0.39, 0.29) is 17.7 Å². The van der Waals surface area contributed by atoms with Crippen molar-refractivity contribution in [2.75, 3.05) is 7.11 Å². The van der Waals surface area contributed by atoms with Gasteiger partial charge in [-0.25, -0.2) is 0 Å². The van der Waals surface area contributed by atoms with Crippen LogP contribution in [0.4, 0.5) is 0 Å². The number of aryl methyl sites for hydroxylation is 1. The van der Waals surface area contributed by atoms with Gasteiger partial charge in [-0.1, -0.05) is 12.1 Å². The average molecular weight is 305 g/mol. The summed E-state index contributed by atoms with van der Waals surface area (Å²) in [5.41, 5.74) is 2.06. The van der Waals surface area contributed by atoms with Crippen molar-refractivity contribution in [2.45, 2.75) is 39.2 Å². The van der Waals surface area contributed by atoms with Crippen LogP contribution in [0.15, 0.2) is 18.2 Å². The number of ether oxygens (including phenoxy) is 1. The second-order valence-electron chi connectivity index (χ2n) is 5.91. The van der Waals surface area contributed by atoms with Gasteiger partial charge in [0.25, 0.3) is 0 Å². The van der Waals surface area contributed by atoms with Crippen LogP contribution in [0.2, 0.25) is 0 Å². The second kappa shape index (κ2) is 7.29. The van der Waals surface area contributed by atoms with E-state index in [2.05, 4.69) is 5.32 Å². The molecule has 2 N–H and O–H groups in total. The maximum atomic E-state index is 12.2. The van der Waals surface area contributed by atoms with Crippen molar-refractivity contribution < 1.29 is 19.4 Å². The number of hydrogen-bond acceptors (Lipinski definition) is 3. The van der Waals surface area contributed by atoms with Gasteiger partial charge < -0.3 is 15.2 Å². The SMILES string of the molecule is COc1cc(CNC(=O)C2CCC(C(=O)O)CC2)ccc1C. The molecule has 1 amide bonds. The zero-order valence-electron chi connectivity index (χ0n) is 13.1. The number of benzene rings is 1. The molecule has 0 atom stereocenters. The quantitative estimate of drug-likeness (QED) is 0.876. The highest BCUT2D eigenvalue weighted by Gasteiger charge is 2.29. The predicted molar refractivity (Wildman–Crippen MR) is 82.7 cm³/mol. The van der Waals surface area contributed by atoms with E-state index in [1.165, 1.54) is 0 Å². The molecule has 0 spiro atoms. The zero-order chi connectivity index (χ0) is 16.1. The zero-order valence-corrected chi connectivity index (χ0v) is 13.1. The smallest absolute Gasteiger partial charge is 0.306 e. The van der Waals surface area contributed by atoms with Crippen LogP contribution < -0.4 is 10.1 Å². The highest BCUT2D eigenvalue weighted by atomic mass is 16.5. The van der Waals surface area contributed by atoms with Gasteiger partial charge in [0.05, 0.1) is 13.0 Å². The van der Waals surface area contributed by atoms with Gasteiger partial charge in [-0.3, -0.25) is 9.59 Å². The Morgan fingerprint density at radius 3 is 2.45 bits per heavy atom. The van der Waals surface area contributed by atoms with Crippen LogP contribution in [0.3, 0.4) is 0 Å². The highest BCUT2D eigenvalue weighted by Crippen LogP contribution is 2.29. The number of carboxylic acids is 1. The van der Waals surface area contributed by atoms with Crippen LogP contribution >= 0.6 is 0 Å². The van der Waals surface area contributed by atoms with E-state index < -0.39 is 5.97 Å². The summed E-state index contributed by atoms with van der Waals surface area (Å²) in [5.74, 6) is -0.268. The third-order valence-electron chi connectivity index (χ3n) is 4.39. The molecular weight excluding hydrogens is 282 g/mol. The van der Waals surface area contributed by atoms with Crippen LogP contribution in [0, 0.1) is 18.8 Å². The number of hydrogen-bond donors (Lipinski definition) is 2. The lowest BCUT2D eigenvalue weighted by Crippen LogP contribution is -2.34. The molecule has 5 heteroatoms. The molecule has 22 heavy (non-hydrogen) atoms. The van der Waals surface area contributed by atoms with Crippen LogP contribution in [0.1, 0.15) is 36.8 Å². The molecule has 1 aromatic carbocycles. The number of carboxylic acid groups (broad SMARTS) is 1. The van der Waals surface area contributed by atoms with Crippen LogP contribution in [0.25, 0.3) is 0 Å². The van der Waals surface area contributed by atoms with Crippen molar-refractivity contribution in [1.29, 1.82) is 0 Å². The van der Waals surface area contributed by atoms with Crippen molar-refractivity contribution >= 4 is 11.9 Å². The van der Waals surface area contributed by atoms with Crippen LogP contribution in [0.5, 0.6) is 5.75 Å². The summed E-state index contributed by atoms with van der Waals surface area (Å²) in [4.78, 5) is 23.1. The molecule has 0 saturated heterocycles. The Hall–Kier alpha value is -2.04. The third kappa shape index (κ3) is 4.00. The lowest BCUT2D eigenvalue weighted by molar-refractivity contribution is -0.144. The minimum Gasteiger partial charge on any atom is -0.496 e. The first-order chi connectivity index (χ1) is 10.5. The summed E-state index contributed by atoms with van der Waals surface area (Å²) in [5, 5.41) is 11.9. The first kappa shape index (κ1) is 16.3. The van der Waals surface area contributed by atoms with E-state index in [9.17, 15) is 9.59 Å². The van der Waals surface area contributed by atoms with Gasteiger partial charge in [-0.15, -0.1) is 0 Å². The number of methoxy groups -OCH3 is 1. The summed E-state index contributed by atoms with van der Waals surface area (Å²) in [6.07, 6.45) is 2.48. The molecule has 1 saturated carbocycles. The first-order valence-electron chi connectivity index (χ1n) is 7.65. The molecular formula is C17H23NO4. The number of nitrogens with one attached hydrogen (secondary N) is 1. The van der Waals surface area contributed by atoms with Gasteiger partial charge in [0.15, 0.2) is 0 Å². The fourth-order valence-corrected chi connectivity index (χ4v) is 2.91. The Kier molecular flexibility index (Phi) is 5.41. The Bertz CT molecular complexity index is 548. The summed E-state index contributed by atoms with van der Waals surface area (Å²) in [6.45, 7) is 2.44. The van der Waals surface area contributed by atoms with E-state index in [1.807, 2.05) is 25.1 Å². The fraction of sp³-hybridized carbons (Fsp3) is 0.529. The Balaban J connectivity index is 1.84. The molecule has 120 valence electrons. The van der Waals surface area contributed by atoms with Gasteiger partial charge in [-0.05, 0) is 49.8 Å². The highest BCUT2D eigenvalue weighted by molar-refractivity contribution is 5.79. The molecule has 0 unspecified atom stereocenters. The lowest BCUT2D eigenvalue weighted by atomic mass is 9.81. The van der Waals surface area contributed by atoms with E-state index >= 15 is 0 Å². The summed E-state index contributed by atoms with van der Waals surface area (Å²) >= 11 is 0. The average Bonchev–Trinajstić information content (AvgIpc) is 2.53. The van der Waals surface area contributed by atoms with Gasteiger partial charge in [-0.2, -0.15) is 0 Å². The van der Waals surface area contributed by atoms with Crippen molar-refractivity contribution in [3.63, 3.8) is 0 Å². The van der Waals surface area contributed by atoms with E-state index in [4.69, 9.17) is 9.84 Å². The molecule has 1 aliphatic carbocycles. The molecule has 1 fully saturated rings. The number of aliphatic carboxylic acids is 1. The van der Waals surface area contributed by atoms with Crippen molar-refractivity contribution in [3.8, 4) is 5.75 Å². The number of carbonyl (C=O) groups excluding carboxylic acids is 1. The maximum Gasteiger partial charge on any atom is 0.306 e. The third-order valence-corrected chi connectivity index (χ3v) is 4.39. The van der Waals surface area contributed by atoms with Gasteiger partial charge >= 0.3 is 5.97 Å². The molecule has 2 rings (SSSR count). The predicted octanol–water partition coefficient (Wildman–Crippen LogP) is 2.51. The largest absolute Gasteiger partial charge is 0.496 e. The summed E-state index contributed by atoms with van der Waals surface area (Å²) in [6, 6.07) is 5.87. The number of carbonyl (C=O) groups is 2. The van der Waals surface area contributed by atoms with E-state index in [1.54, 1.807) is 7.11 Å². The molecule has 0 aliphatic heterocycles. The van der Waals surface area contributed by atoms with Gasteiger partial charge in [0, 0.05) is 12.5 Å². The molecule has 0 radical (unpaired) electrons. The summed E-state index contributed by atoms with van der Waals surface area (Å²) in [7, 11) is 1.63. The standard InChI is InChI=1S/C17H23NO4/c1-11-3-4-12(9-15(11)22-2)10-18-16(19)13-5-7-14(8-6-13)17(20)21/h3-4,9,13-14H,5-8,10H2,1-2H3,(H,18,19)(H,20,21). The number of rotatable bonds is 5. The summed E-state index contributed by atoms with van der Waals surface area (Å²) < 4.78 is 5.27. The van der Waals surface area contributed by atoms with Gasteiger partial charge in [0.2, 0.25) is 5.91 Å². The van der Waals surface area contributed by atoms with Crippen molar-refractivity contribution in [2.24, 2.45) is 11.8 Å². The number of amides is 1.